The van der Waals surface area contributed by atoms with E-state index in [0.29, 0.717) is 11.5 Å². The molecular formula is C15H13N3O2S. The smallest absolute Gasteiger partial charge is 0.230 e. The SMILES string of the molecule is CS(=O)(=O)Nc1cc2ccccc2c(-c2cccnc2)n1. The van der Waals surface area contributed by atoms with Gasteiger partial charge in [0.05, 0.1) is 11.9 Å². The van der Waals surface area contributed by atoms with Crippen molar-refractivity contribution in [1.29, 1.82) is 0 Å². The van der Waals surface area contributed by atoms with Crippen LogP contribution in [0.15, 0.2) is 54.9 Å². The molecule has 21 heavy (non-hydrogen) atoms. The van der Waals surface area contributed by atoms with Crippen molar-refractivity contribution in [2.75, 3.05) is 11.0 Å². The number of nitrogens with one attached hydrogen (secondary N) is 1. The Balaban J connectivity index is 2.26. The normalized spacial score (nSPS) is 11.5. The molecule has 0 fully saturated rings. The number of hydrogen-bond donors (Lipinski definition) is 1. The second-order valence-electron chi connectivity index (χ2n) is 4.69. The molecule has 0 aliphatic carbocycles. The number of anilines is 1. The van der Waals surface area contributed by atoms with Crippen molar-refractivity contribution in [1.82, 2.24) is 9.97 Å². The Hall–Kier alpha value is -2.47. The first kappa shape index (κ1) is 13.5. The van der Waals surface area contributed by atoms with E-state index in [1.54, 1.807) is 18.5 Å². The van der Waals surface area contributed by atoms with Gasteiger partial charge in [-0.1, -0.05) is 24.3 Å². The lowest BCUT2D eigenvalue weighted by Gasteiger charge is -2.10. The van der Waals surface area contributed by atoms with E-state index in [1.807, 2.05) is 36.4 Å². The Labute approximate surface area is 122 Å². The maximum atomic E-state index is 11.4. The van der Waals surface area contributed by atoms with Crippen molar-refractivity contribution >= 4 is 26.6 Å². The molecule has 0 aliphatic rings. The van der Waals surface area contributed by atoms with E-state index in [-0.39, 0.29) is 0 Å². The number of nitrogens with zero attached hydrogens (tertiary/aromatic N) is 2. The molecule has 1 N–H and O–H groups in total. The summed E-state index contributed by atoms with van der Waals surface area (Å²) < 4.78 is 25.3. The second kappa shape index (κ2) is 5.14. The van der Waals surface area contributed by atoms with Gasteiger partial charge in [-0.05, 0) is 23.6 Å². The van der Waals surface area contributed by atoms with E-state index in [1.165, 1.54) is 0 Å². The summed E-state index contributed by atoms with van der Waals surface area (Å²) in [5.74, 6) is 0.301. The molecule has 0 saturated heterocycles. The van der Waals surface area contributed by atoms with Crippen molar-refractivity contribution in [2.24, 2.45) is 0 Å². The molecule has 0 spiro atoms. The quantitative estimate of drug-likeness (QED) is 0.807. The van der Waals surface area contributed by atoms with Gasteiger partial charge in [-0.15, -0.1) is 0 Å². The van der Waals surface area contributed by atoms with E-state index >= 15 is 0 Å². The van der Waals surface area contributed by atoms with E-state index in [0.717, 1.165) is 22.6 Å². The van der Waals surface area contributed by atoms with Gasteiger partial charge in [0.2, 0.25) is 10.0 Å². The highest BCUT2D eigenvalue weighted by Crippen LogP contribution is 2.28. The van der Waals surface area contributed by atoms with Crippen LogP contribution >= 0.6 is 0 Å². The van der Waals surface area contributed by atoms with Gasteiger partial charge >= 0.3 is 0 Å². The molecule has 1 aromatic carbocycles. The van der Waals surface area contributed by atoms with Crippen LogP contribution in [0.4, 0.5) is 5.82 Å². The van der Waals surface area contributed by atoms with Crippen LogP contribution in [0, 0.1) is 0 Å². The summed E-state index contributed by atoms with van der Waals surface area (Å²) in [5, 5.41) is 1.86. The summed E-state index contributed by atoms with van der Waals surface area (Å²) in [4.78, 5) is 8.52. The molecule has 0 saturated carbocycles. The molecular weight excluding hydrogens is 286 g/mol. The highest BCUT2D eigenvalue weighted by molar-refractivity contribution is 7.92. The third-order valence-electron chi connectivity index (χ3n) is 2.97. The van der Waals surface area contributed by atoms with Gasteiger partial charge < -0.3 is 0 Å². The Morgan fingerprint density at radius 3 is 2.62 bits per heavy atom. The molecule has 5 nitrogen and oxygen atoms in total. The molecule has 2 heterocycles. The largest absolute Gasteiger partial charge is 0.268 e. The Morgan fingerprint density at radius 2 is 1.90 bits per heavy atom. The second-order valence-corrected chi connectivity index (χ2v) is 6.44. The molecule has 0 amide bonds. The van der Waals surface area contributed by atoms with Crippen LogP contribution in [0.3, 0.4) is 0 Å². The third-order valence-corrected chi connectivity index (χ3v) is 3.55. The van der Waals surface area contributed by atoms with Crippen LogP contribution in [0.5, 0.6) is 0 Å². The molecule has 3 aromatic rings. The molecule has 0 aliphatic heterocycles. The molecule has 106 valence electrons. The van der Waals surface area contributed by atoms with E-state index in [9.17, 15) is 8.42 Å². The van der Waals surface area contributed by atoms with Gasteiger partial charge in [0.25, 0.3) is 0 Å². The minimum absolute atomic E-state index is 0.301. The summed E-state index contributed by atoms with van der Waals surface area (Å²) in [6.45, 7) is 0. The van der Waals surface area contributed by atoms with Crippen LogP contribution in [-0.2, 0) is 10.0 Å². The minimum Gasteiger partial charge on any atom is -0.268 e. The van der Waals surface area contributed by atoms with Crippen molar-refractivity contribution in [3.63, 3.8) is 0 Å². The molecule has 0 atom stereocenters. The Kier molecular flexibility index (Phi) is 3.31. The molecule has 0 bridgehead atoms. The number of benzene rings is 1. The van der Waals surface area contributed by atoms with Crippen LogP contribution in [0.2, 0.25) is 0 Å². The van der Waals surface area contributed by atoms with Gasteiger partial charge in [0, 0.05) is 23.3 Å². The molecule has 0 radical (unpaired) electrons. The highest BCUT2D eigenvalue weighted by Gasteiger charge is 2.10. The average molecular weight is 299 g/mol. The lowest BCUT2D eigenvalue weighted by molar-refractivity contribution is 0.606. The number of aromatic nitrogens is 2. The monoisotopic (exact) mass is 299 g/mol. The fourth-order valence-corrected chi connectivity index (χ4v) is 2.65. The van der Waals surface area contributed by atoms with Crippen LogP contribution in [-0.4, -0.2) is 24.6 Å². The summed E-state index contributed by atoms with van der Waals surface area (Å²) >= 11 is 0. The predicted molar refractivity (Wildman–Crippen MR) is 83.4 cm³/mol. The molecule has 3 rings (SSSR count). The zero-order chi connectivity index (χ0) is 14.9. The van der Waals surface area contributed by atoms with Crippen molar-refractivity contribution < 1.29 is 8.42 Å². The topological polar surface area (TPSA) is 72.0 Å². The van der Waals surface area contributed by atoms with Gasteiger partial charge in [0.1, 0.15) is 5.82 Å². The van der Waals surface area contributed by atoms with Crippen molar-refractivity contribution in [2.45, 2.75) is 0 Å². The first-order chi connectivity index (χ1) is 10.0. The first-order valence-electron chi connectivity index (χ1n) is 6.31. The summed E-state index contributed by atoms with van der Waals surface area (Å²) in [7, 11) is -3.37. The van der Waals surface area contributed by atoms with Crippen molar-refractivity contribution in [3.05, 3.63) is 54.9 Å². The van der Waals surface area contributed by atoms with E-state index < -0.39 is 10.0 Å². The molecule has 0 unspecified atom stereocenters. The number of rotatable bonds is 3. The van der Waals surface area contributed by atoms with E-state index in [4.69, 9.17) is 0 Å². The lowest BCUT2D eigenvalue weighted by atomic mass is 10.1. The first-order valence-corrected chi connectivity index (χ1v) is 8.20. The van der Waals surface area contributed by atoms with Gasteiger partial charge in [-0.2, -0.15) is 0 Å². The van der Waals surface area contributed by atoms with Gasteiger partial charge in [-0.3, -0.25) is 9.71 Å². The lowest BCUT2D eigenvalue weighted by Crippen LogP contribution is -2.11. The van der Waals surface area contributed by atoms with E-state index in [2.05, 4.69) is 14.7 Å². The number of fused-ring (bicyclic) bond motifs is 1. The predicted octanol–water partition coefficient (Wildman–Crippen LogP) is 2.67. The number of hydrogen-bond acceptors (Lipinski definition) is 4. The maximum absolute atomic E-state index is 11.4. The zero-order valence-electron chi connectivity index (χ0n) is 11.3. The number of sulfonamides is 1. The summed E-state index contributed by atoms with van der Waals surface area (Å²) in [6, 6.07) is 13.1. The summed E-state index contributed by atoms with van der Waals surface area (Å²) in [5.41, 5.74) is 1.54. The number of pyridine rings is 2. The third kappa shape index (κ3) is 3.00. The fourth-order valence-electron chi connectivity index (χ4n) is 2.16. The highest BCUT2D eigenvalue weighted by atomic mass is 32.2. The minimum atomic E-state index is -3.37. The zero-order valence-corrected chi connectivity index (χ0v) is 12.1. The van der Waals surface area contributed by atoms with Gasteiger partial charge in [0.15, 0.2) is 0 Å². The summed E-state index contributed by atoms with van der Waals surface area (Å²) in [6.07, 6.45) is 4.50. The van der Waals surface area contributed by atoms with Crippen molar-refractivity contribution in [3.8, 4) is 11.3 Å². The van der Waals surface area contributed by atoms with Gasteiger partial charge in [-0.25, -0.2) is 13.4 Å². The average Bonchev–Trinajstić information content (AvgIpc) is 2.45. The maximum Gasteiger partial charge on any atom is 0.230 e. The Morgan fingerprint density at radius 1 is 1.10 bits per heavy atom. The molecule has 2 aromatic heterocycles. The Bertz CT molecular complexity index is 893. The molecule has 6 heteroatoms. The van der Waals surface area contributed by atoms with Crippen LogP contribution in [0.1, 0.15) is 0 Å². The fraction of sp³-hybridized carbons (Fsp3) is 0.0667. The standard InChI is InChI=1S/C15H13N3O2S/c1-21(19,20)18-14-9-11-5-2-3-7-13(11)15(17-14)12-6-4-8-16-10-12/h2-10H,1H3,(H,17,18). The van der Waals surface area contributed by atoms with Crippen LogP contribution in [0.25, 0.3) is 22.0 Å². The van der Waals surface area contributed by atoms with Crippen LogP contribution < -0.4 is 4.72 Å².